The summed E-state index contributed by atoms with van der Waals surface area (Å²) in [5, 5.41) is 2.39. The molecule has 1 aliphatic rings. The van der Waals surface area contributed by atoms with Crippen molar-refractivity contribution in [1.29, 1.82) is 0 Å². The molecule has 106 valence electrons. The lowest BCUT2D eigenvalue weighted by atomic mass is 10.1. The van der Waals surface area contributed by atoms with Gasteiger partial charge in [0, 0.05) is 6.04 Å². The predicted octanol–water partition coefficient (Wildman–Crippen LogP) is 2.97. The zero-order valence-electron chi connectivity index (χ0n) is 10.1. The average Bonchev–Trinajstić information content (AvgIpc) is 2.82. The number of halogens is 4. The summed E-state index contributed by atoms with van der Waals surface area (Å²) >= 11 is 0. The third kappa shape index (κ3) is 3.09. The third-order valence-electron chi connectivity index (χ3n) is 2.86. The van der Waals surface area contributed by atoms with Gasteiger partial charge in [-0.2, -0.15) is 8.78 Å². The summed E-state index contributed by atoms with van der Waals surface area (Å²) in [6, 6.07) is 4.46. The van der Waals surface area contributed by atoms with Gasteiger partial charge in [0.2, 0.25) is 6.79 Å². The maximum atomic E-state index is 12.8. The second-order valence-electron chi connectivity index (χ2n) is 4.28. The van der Waals surface area contributed by atoms with Gasteiger partial charge >= 0.3 is 12.3 Å². The van der Waals surface area contributed by atoms with E-state index in [0.29, 0.717) is 17.1 Å². The summed E-state index contributed by atoms with van der Waals surface area (Å²) < 4.78 is 59.9. The average molecular weight is 279 g/mol. The molecule has 7 heteroatoms. The van der Waals surface area contributed by atoms with Crippen molar-refractivity contribution in [3.05, 3.63) is 23.8 Å². The van der Waals surface area contributed by atoms with E-state index in [2.05, 4.69) is 5.32 Å². The Labute approximate surface area is 107 Å². The molecule has 1 heterocycles. The van der Waals surface area contributed by atoms with Crippen LogP contribution in [0.25, 0.3) is 0 Å². The topological polar surface area (TPSA) is 30.5 Å². The maximum Gasteiger partial charge on any atom is 0.319 e. The molecule has 0 saturated carbocycles. The van der Waals surface area contributed by atoms with E-state index in [9.17, 15) is 17.6 Å². The molecule has 1 aromatic carbocycles. The van der Waals surface area contributed by atoms with Gasteiger partial charge < -0.3 is 14.8 Å². The summed E-state index contributed by atoms with van der Waals surface area (Å²) in [6.45, 7) is 0.642. The van der Waals surface area contributed by atoms with E-state index in [-0.39, 0.29) is 6.79 Å². The van der Waals surface area contributed by atoms with E-state index in [4.69, 9.17) is 9.47 Å². The minimum atomic E-state index is -4.04. The summed E-state index contributed by atoms with van der Waals surface area (Å²) in [5.41, 5.74) is 0.661. The van der Waals surface area contributed by atoms with E-state index in [1.165, 1.54) is 0 Å². The minimum absolute atomic E-state index is 0.115. The van der Waals surface area contributed by atoms with Crippen LogP contribution in [-0.2, 0) is 0 Å². The van der Waals surface area contributed by atoms with Crippen molar-refractivity contribution in [2.24, 2.45) is 0 Å². The van der Waals surface area contributed by atoms with Gasteiger partial charge in [-0.25, -0.2) is 8.78 Å². The number of hydrogen-bond acceptors (Lipinski definition) is 3. The highest BCUT2D eigenvalue weighted by Crippen LogP contribution is 2.34. The van der Waals surface area contributed by atoms with Crippen molar-refractivity contribution >= 4 is 0 Å². The highest BCUT2D eigenvalue weighted by atomic mass is 19.3. The van der Waals surface area contributed by atoms with Crippen LogP contribution in [-0.4, -0.2) is 25.7 Å². The molecule has 0 aromatic heterocycles. The molecule has 0 bridgehead atoms. The van der Waals surface area contributed by atoms with Gasteiger partial charge in [-0.3, -0.25) is 0 Å². The molecule has 1 N–H and O–H groups in total. The molecule has 0 amide bonds. The lowest BCUT2D eigenvalue weighted by Crippen LogP contribution is -2.39. The molecule has 1 aromatic rings. The highest BCUT2D eigenvalue weighted by Gasteiger charge is 2.40. The summed E-state index contributed by atoms with van der Waals surface area (Å²) in [7, 11) is 0. The normalized spacial score (nSPS) is 15.9. The van der Waals surface area contributed by atoms with Crippen LogP contribution in [0.15, 0.2) is 18.2 Å². The molecule has 2 rings (SSSR count). The van der Waals surface area contributed by atoms with Gasteiger partial charge in [0.15, 0.2) is 11.5 Å². The lowest BCUT2D eigenvalue weighted by Gasteiger charge is -2.20. The van der Waals surface area contributed by atoms with E-state index < -0.39 is 24.9 Å². The molecule has 0 fully saturated rings. The Morgan fingerprint density at radius 3 is 2.63 bits per heavy atom. The number of ether oxygens (including phenoxy) is 2. The first-order chi connectivity index (χ1) is 8.90. The SMILES string of the molecule is CC(NCC(F)(F)C(F)F)c1ccc2c(c1)OCO2. The first kappa shape index (κ1) is 13.9. The minimum Gasteiger partial charge on any atom is -0.454 e. The lowest BCUT2D eigenvalue weighted by molar-refractivity contribution is -0.126. The van der Waals surface area contributed by atoms with Crippen LogP contribution in [0.3, 0.4) is 0 Å². The van der Waals surface area contributed by atoms with E-state index in [1.807, 2.05) is 0 Å². The van der Waals surface area contributed by atoms with Gasteiger partial charge in [0.1, 0.15) is 0 Å². The summed E-state index contributed by atoms with van der Waals surface area (Å²) in [6.07, 6.45) is -3.68. The molecular formula is C12H13F4NO2. The Bertz CT molecular complexity index is 453. The van der Waals surface area contributed by atoms with Crippen LogP contribution in [0, 0.1) is 0 Å². The number of alkyl halides is 4. The Kier molecular flexibility index (Phi) is 3.84. The highest BCUT2D eigenvalue weighted by molar-refractivity contribution is 5.45. The molecule has 0 saturated heterocycles. The van der Waals surface area contributed by atoms with Crippen molar-refractivity contribution in [3.8, 4) is 11.5 Å². The van der Waals surface area contributed by atoms with Gasteiger partial charge in [0.25, 0.3) is 0 Å². The zero-order valence-corrected chi connectivity index (χ0v) is 10.1. The first-order valence-corrected chi connectivity index (χ1v) is 5.69. The van der Waals surface area contributed by atoms with Crippen LogP contribution in [0.5, 0.6) is 11.5 Å². The van der Waals surface area contributed by atoms with Crippen LogP contribution < -0.4 is 14.8 Å². The number of nitrogens with one attached hydrogen (secondary N) is 1. The third-order valence-corrected chi connectivity index (χ3v) is 2.86. The molecular weight excluding hydrogens is 266 g/mol. The second kappa shape index (κ2) is 5.24. The van der Waals surface area contributed by atoms with Crippen LogP contribution in [0.4, 0.5) is 17.6 Å². The van der Waals surface area contributed by atoms with Crippen molar-refractivity contribution < 1.29 is 27.0 Å². The van der Waals surface area contributed by atoms with Gasteiger partial charge in [-0.05, 0) is 24.6 Å². The molecule has 1 aliphatic heterocycles. The number of benzene rings is 1. The molecule has 1 atom stereocenters. The number of rotatable bonds is 5. The molecule has 0 aliphatic carbocycles. The molecule has 0 radical (unpaired) electrons. The Morgan fingerprint density at radius 2 is 1.95 bits per heavy atom. The predicted molar refractivity (Wildman–Crippen MR) is 59.9 cm³/mol. The smallest absolute Gasteiger partial charge is 0.319 e. The van der Waals surface area contributed by atoms with Crippen LogP contribution >= 0.6 is 0 Å². The largest absolute Gasteiger partial charge is 0.454 e. The van der Waals surface area contributed by atoms with E-state index in [1.54, 1.807) is 25.1 Å². The fourth-order valence-electron chi connectivity index (χ4n) is 1.67. The monoisotopic (exact) mass is 279 g/mol. The fraction of sp³-hybridized carbons (Fsp3) is 0.500. The Balaban J connectivity index is 1.99. The molecule has 0 spiro atoms. The van der Waals surface area contributed by atoms with Crippen molar-refractivity contribution in [2.75, 3.05) is 13.3 Å². The molecule has 1 unspecified atom stereocenters. The molecule has 19 heavy (non-hydrogen) atoms. The zero-order chi connectivity index (χ0) is 14.0. The van der Waals surface area contributed by atoms with Gasteiger partial charge in [0.05, 0.1) is 6.54 Å². The summed E-state index contributed by atoms with van der Waals surface area (Å²) in [4.78, 5) is 0. The van der Waals surface area contributed by atoms with Crippen molar-refractivity contribution in [3.63, 3.8) is 0 Å². The van der Waals surface area contributed by atoms with Crippen molar-refractivity contribution in [1.82, 2.24) is 5.32 Å². The van der Waals surface area contributed by atoms with Gasteiger partial charge in [-0.15, -0.1) is 0 Å². The maximum absolute atomic E-state index is 12.8. The quantitative estimate of drug-likeness (QED) is 0.841. The first-order valence-electron chi connectivity index (χ1n) is 5.69. The van der Waals surface area contributed by atoms with E-state index in [0.717, 1.165) is 0 Å². The Morgan fingerprint density at radius 1 is 1.26 bits per heavy atom. The van der Waals surface area contributed by atoms with Gasteiger partial charge in [-0.1, -0.05) is 6.07 Å². The fourth-order valence-corrected chi connectivity index (χ4v) is 1.67. The van der Waals surface area contributed by atoms with Crippen LogP contribution in [0.1, 0.15) is 18.5 Å². The van der Waals surface area contributed by atoms with Crippen LogP contribution in [0.2, 0.25) is 0 Å². The Hall–Kier alpha value is -1.50. The summed E-state index contributed by atoms with van der Waals surface area (Å²) in [5.74, 6) is -2.94. The number of fused-ring (bicyclic) bond motifs is 1. The van der Waals surface area contributed by atoms with E-state index >= 15 is 0 Å². The van der Waals surface area contributed by atoms with Crippen molar-refractivity contribution in [2.45, 2.75) is 25.3 Å². The molecule has 3 nitrogen and oxygen atoms in total. The number of hydrogen-bond donors (Lipinski definition) is 1. The second-order valence-corrected chi connectivity index (χ2v) is 4.28. The standard InChI is InChI=1S/C12H13F4NO2/c1-7(17-5-12(15,16)11(13)14)8-2-3-9-10(4-8)19-6-18-9/h2-4,7,11,17H,5-6H2,1H3.